The maximum absolute atomic E-state index is 12.2. The number of rotatable bonds is 5. The van der Waals surface area contributed by atoms with Gasteiger partial charge in [0.05, 0.1) is 12.2 Å². The molecule has 1 N–H and O–H groups in total. The average Bonchev–Trinajstić information content (AvgIpc) is 3.08. The third-order valence-corrected chi connectivity index (χ3v) is 4.78. The van der Waals surface area contributed by atoms with E-state index < -0.39 is 0 Å². The standard InChI is InChI=1S/C15H21NO3S/c1-3-11-9-12(15(18)19-4-2)14(20-11)16-13(17)10-7-5-6-8-10/h9-10H,3-8H2,1-2H3,(H,16,17). The number of esters is 1. The lowest BCUT2D eigenvalue weighted by molar-refractivity contribution is -0.119. The molecule has 0 bridgehead atoms. The van der Waals surface area contributed by atoms with Crippen molar-refractivity contribution in [1.29, 1.82) is 0 Å². The van der Waals surface area contributed by atoms with Crippen LogP contribution in [-0.4, -0.2) is 18.5 Å². The highest BCUT2D eigenvalue weighted by atomic mass is 32.1. The molecule has 0 unspecified atom stereocenters. The number of nitrogens with one attached hydrogen (secondary N) is 1. The van der Waals surface area contributed by atoms with Crippen LogP contribution in [0, 0.1) is 5.92 Å². The van der Waals surface area contributed by atoms with E-state index in [1.807, 2.05) is 13.0 Å². The smallest absolute Gasteiger partial charge is 0.341 e. The van der Waals surface area contributed by atoms with Gasteiger partial charge in [0, 0.05) is 10.8 Å². The zero-order valence-electron chi connectivity index (χ0n) is 12.0. The zero-order chi connectivity index (χ0) is 14.5. The normalized spacial score (nSPS) is 15.3. The van der Waals surface area contributed by atoms with Gasteiger partial charge in [-0.05, 0) is 32.3 Å². The Bertz CT molecular complexity index is 489. The minimum atomic E-state index is -0.356. The van der Waals surface area contributed by atoms with E-state index in [-0.39, 0.29) is 17.8 Å². The number of thiophene rings is 1. The van der Waals surface area contributed by atoms with E-state index in [1.54, 1.807) is 6.92 Å². The number of carbonyl (C=O) groups is 2. The first-order valence-electron chi connectivity index (χ1n) is 7.26. The molecule has 110 valence electrons. The monoisotopic (exact) mass is 295 g/mol. The third kappa shape index (κ3) is 3.39. The number of anilines is 1. The Morgan fingerprint density at radius 3 is 2.65 bits per heavy atom. The van der Waals surface area contributed by atoms with Crippen LogP contribution in [0.4, 0.5) is 5.00 Å². The van der Waals surface area contributed by atoms with Crippen LogP contribution in [0.15, 0.2) is 6.07 Å². The molecule has 1 saturated carbocycles. The predicted molar refractivity (Wildman–Crippen MR) is 80.2 cm³/mol. The van der Waals surface area contributed by atoms with Crippen LogP contribution >= 0.6 is 11.3 Å². The molecule has 0 saturated heterocycles. The topological polar surface area (TPSA) is 55.4 Å². The average molecular weight is 295 g/mol. The number of hydrogen-bond donors (Lipinski definition) is 1. The molecule has 0 aliphatic heterocycles. The third-order valence-electron chi connectivity index (χ3n) is 3.59. The van der Waals surface area contributed by atoms with Crippen LogP contribution in [0.5, 0.6) is 0 Å². The molecule has 0 atom stereocenters. The van der Waals surface area contributed by atoms with Crippen molar-refractivity contribution >= 4 is 28.2 Å². The van der Waals surface area contributed by atoms with Gasteiger partial charge >= 0.3 is 5.97 Å². The Morgan fingerprint density at radius 2 is 2.05 bits per heavy atom. The molecule has 1 aromatic rings. The van der Waals surface area contributed by atoms with E-state index in [2.05, 4.69) is 5.32 Å². The van der Waals surface area contributed by atoms with Crippen molar-refractivity contribution in [1.82, 2.24) is 0 Å². The van der Waals surface area contributed by atoms with Crippen LogP contribution in [-0.2, 0) is 16.0 Å². The van der Waals surface area contributed by atoms with E-state index in [1.165, 1.54) is 11.3 Å². The van der Waals surface area contributed by atoms with Crippen molar-refractivity contribution in [3.8, 4) is 0 Å². The lowest BCUT2D eigenvalue weighted by Crippen LogP contribution is -2.21. The van der Waals surface area contributed by atoms with Gasteiger partial charge in [-0.1, -0.05) is 19.8 Å². The fourth-order valence-corrected chi connectivity index (χ4v) is 3.46. The van der Waals surface area contributed by atoms with Gasteiger partial charge in [0.25, 0.3) is 0 Å². The second-order valence-electron chi connectivity index (χ2n) is 5.00. The second kappa shape index (κ2) is 6.88. The van der Waals surface area contributed by atoms with Crippen molar-refractivity contribution in [2.45, 2.75) is 46.0 Å². The lowest BCUT2D eigenvalue weighted by Gasteiger charge is -2.10. The van der Waals surface area contributed by atoms with Gasteiger partial charge in [0.2, 0.25) is 5.91 Å². The van der Waals surface area contributed by atoms with Gasteiger partial charge in [-0.15, -0.1) is 11.3 Å². The highest BCUT2D eigenvalue weighted by Gasteiger charge is 2.25. The summed E-state index contributed by atoms with van der Waals surface area (Å²) in [7, 11) is 0. The summed E-state index contributed by atoms with van der Waals surface area (Å²) in [5.41, 5.74) is 0.486. The van der Waals surface area contributed by atoms with Crippen molar-refractivity contribution in [3.05, 3.63) is 16.5 Å². The molecule has 1 heterocycles. The fraction of sp³-hybridized carbons (Fsp3) is 0.600. The second-order valence-corrected chi connectivity index (χ2v) is 6.14. The van der Waals surface area contributed by atoms with Crippen molar-refractivity contribution in [2.24, 2.45) is 5.92 Å². The first-order chi connectivity index (χ1) is 9.65. The molecule has 1 fully saturated rings. The van der Waals surface area contributed by atoms with Gasteiger partial charge in [0.1, 0.15) is 5.00 Å². The highest BCUT2D eigenvalue weighted by molar-refractivity contribution is 7.16. The Morgan fingerprint density at radius 1 is 1.35 bits per heavy atom. The molecular formula is C15H21NO3S. The van der Waals surface area contributed by atoms with E-state index in [4.69, 9.17) is 4.74 Å². The Kier molecular flexibility index (Phi) is 5.17. The summed E-state index contributed by atoms with van der Waals surface area (Å²) in [5, 5.41) is 3.56. The van der Waals surface area contributed by atoms with E-state index >= 15 is 0 Å². The van der Waals surface area contributed by atoms with E-state index in [9.17, 15) is 9.59 Å². The van der Waals surface area contributed by atoms with Gasteiger partial charge in [0.15, 0.2) is 0 Å². The Labute approximate surface area is 123 Å². The summed E-state index contributed by atoms with van der Waals surface area (Å²) < 4.78 is 5.05. The summed E-state index contributed by atoms with van der Waals surface area (Å²) in [6.07, 6.45) is 4.98. The largest absolute Gasteiger partial charge is 0.462 e. The van der Waals surface area contributed by atoms with Gasteiger partial charge in [-0.25, -0.2) is 4.79 Å². The maximum Gasteiger partial charge on any atom is 0.341 e. The summed E-state index contributed by atoms with van der Waals surface area (Å²) in [6, 6.07) is 1.83. The summed E-state index contributed by atoms with van der Waals surface area (Å²) >= 11 is 1.47. The van der Waals surface area contributed by atoms with Crippen LogP contribution in [0.25, 0.3) is 0 Å². The van der Waals surface area contributed by atoms with Gasteiger partial charge < -0.3 is 10.1 Å². The SMILES string of the molecule is CCOC(=O)c1cc(CC)sc1NC(=O)C1CCCC1. The van der Waals surface area contributed by atoms with Gasteiger partial charge in [-0.3, -0.25) is 4.79 Å². The number of ether oxygens (including phenoxy) is 1. The van der Waals surface area contributed by atoms with Crippen LogP contribution < -0.4 is 5.32 Å². The first-order valence-corrected chi connectivity index (χ1v) is 8.08. The molecule has 0 spiro atoms. The molecule has 1 aliphatic carbocycles. The minimum absolute atomic E-state index is 0.0394. The summed E-state index contributed by atoms with van der Waals surface area (Å²) in [5.74, 6) is -0.222. The lowest BCUT2D eigenvalue weighted by atomic mass is 10.1. The number of amides is 1. The van der Waals surface area contributed by atoms with E-state index in [0.29, 0.717) is 17.2 Å². The quantitative estimate of drug-likeness (QED) is 0.844. The van der Waals surface area contributed by atoms with Crippen molar-refractivity contribution in [2.75, 3.05) is 11.9 Å². The molecule has 0 aromatic carbocycles. The molecule has 5 heteroatoms. The minimum Gasteiger partial charge on any atom is -0.462 e. The number of aryl methyl sites for hydroxylation is 1. The Hall–Kier alpha value is -1.36. The zero-order valence-corrected chi connectivity index (χ0v) is 12.8. The molecule has 2 rings (SSSR count). The molecular weight excluding hydrogens is 274 g/mol. The molecule has 4 nitrogen and oxygen atoms in total. The Balaban J connectivity index is 2.14. The van der Waals surface area contributed by atoms with Crippen molar-refractivity contribution < 1.29 is 14.3 Å². The van der Waals surface area contributed by atoms with Crippen LogP contribution in [0.3, 0.4) is 0 Å². The number of hydrogen-bond acceptors (Lipinski definition) is 4. The fourth-order valence-electron chi connectivity index (χ4n) is 2.47. The van der Waals surface area contributed by atoms with E-state index in [0.717, 1.165) is 37.0 Å². The molecule has 1 aliphatic rings. The predicted octanol–water partition coefficient (Wildman–Crippen LogP) is 3.62. The van der Waals surface area contributed by atoms with Crippen molar-refractivity contribution in [3.63, 3.8) is 0 Å². The highest BCUT2D eigenvalue weighted by Crippen LogP contribution is 2.32. The molecule has 1 aromatic heterocycles. The molecule has 1 amide bonds. The number of carbonyl (C=O) groups excluding carboxylic acids is 2. The van der Waals surface area contributed by atoms with Crippen LogP contribution in [0.2, 0.25) is 0 Å². The summed E-state index contributed by atoms with van der Waals surface area (Å²) in [6.45, 7) is 4.15. The summed E-state index contributed by atoms with van der Waals surface area (Å²) in [4.78, 5) is 25.2. The van der Waals surface area contributed by atoms with Gasteiger partial charge in [-0.2, -0.15) is 0 Å². The first kappa shape index (κ1) is 15.0. The maximum atomic E-state index is 12.2. The van der Waals surface area contributed by atoms with Crippen LogP contribution in [0.1, 0.15) is 54.8 Å². The molecule has 0 radical (unpaired) electrons. The molecule has 20 heavy (non-hydrogen) atoms.